The molecular weight excluding hydrogens is 306 g/mol. The van der Waals surface area contributed by atoms with Crippen molar-refractivity contribution < 1.29 is 19.0 Å². The average Bonchev–Trinajstić information content (AvgIpc) is 2.64. The van der Waals surface area contributed by atoms with E-state index in [-0.39, 0.29) is 12.5 Å². The molecule has 0 unspecified atom stereocenters. The van der Waals surface area contributed by atoms with Gasteiger partial charge in [0.15, 0.2) is 11.5 Å². The Morgan fingerprint density at radius 1 is 1.08 bits per heavy atom. The molecule has 24 heavy (non-hydrogen) atoms. The van der Waals surface area contributed by atoms with Crippen molar-refractivity contribution in [2.45, 2.75) is 6.61 Å². The van der Waals surface area contributed by atoms with Crippen molar-refractivity contribution in [2.75, 3.05) is 20.8 Å². The molecule has 2 aromatic carbocycles. The number of carbonyl (C=O) groups is 1. The number of rotatable bonds is 8. The first-order valence-electron chi connectivity index (χ1n) is 7.51. The Hall–Kier alpha value is -2.95. The van der Waals surface area contributed by atoms with Crippen molar-refractivity contribution in [1.29, 1.82) is 0 Å². The highest BCUT2D eigenvalue weighted by Crippen LogP contribution is 2.28. The zero-order chi connectivity index (χ0) is 17.4. The number of amides is 1. The van der Waals surface area contributed by atoms with Crippen LogP contribution >= 0.6 is 0 Å². The molecule has 5 nitrogen and oxygen atoms in total. The standard InChI is InChI=1S/C19H21NO4/c1-4-11-20-19(21)14-9-10-16(22-2)15(12-14)13-24-18-8-6-5-7-17(18)23-3/h4-10,12H,1,11,13H2,2-3H3,(H,20,21). The number of para-hydroxylation sites is 2. The minimum atomic E-state index is -0.170. The Morgan fingerprint density at radius 3 is 2.46 bits per heavy atom. The van der Waals surface area contributed by atoms with Crippen molar-refractivity contribution in [3.8, 4) is 17.2 Å². The van der Waals surface area contributed by atoms with Crippen molar-refractivity contribution in [2.24, 2.45) is 0 Å². The van der Waals surface area contributed by atoms with Crippen LogP contribution in [-0.4, -0.2) is 26.7 Å². The minimum Gasteiger partial charge on any atom is -0.496 e. The third-order valence-electron chi connectivity index (χ3n) is 3.40. The van der Waals surface area contributed by atoms with Crippen molar-refractivity contribution in [3.63, 3.8) is 0 Å². The molecular formula is C19H21NO4. The second-order valence-electron chi connectivity index (χ2n) is 4.96. The van der Waals surface area contributed by atoms with Crippen molar-refractivity contribution in [3.05, 3.63) is 66.2 Å². The lowest BCUT2D eigenvalue weighted by molar-refractivity contribution is 0.0958. The first-order valence-corrected chi connectivity index (χ1v) is 7.51. The van der Waals surface area contributed by atoms with Crippen LogP contribution in [0.2, 0.25) is 0 Å². The summed E-state index contributed by atoms with van der Waals surface area (Å²) in [6.07, 6.45) is 1.63. The average molecular weight is 327 g/mol. The Labute approximate surface area is 141 Å². The first-order chi connectivity index (χ1) is 11.7. The van der Waals surface area contributed by atoms with Gasteiger partial charge in [-0.25, -0.2) is 0 Å². The van der Waals surface area contributed by atoms with Gasteiger partial charge in [0.1, 0.15) is 12.4 Å². The van der Waals surface area contributed by atoms with E-state index in [9.17, 15) is 4.79 Å². The molecule has 0 atom stereocenters. The van der Waals surface area contributed by atoms with Gasteiger partial charge in [0.2, 0.25) is 0 Å². The maximum Gasteiger partial charge on any atom is 0.251 e. The molecule has 2 aromatic rings. The summed E-state index contributed by atoms with van der Waals surface area (Å²) in [5.74, 6) is 1.76. The largest absolute Gasteiger partial charge is 0.496 e. The molecule has 0 saturated heterocycles. The van der Waals surface area contributed by atoms with E-state index in [2.05, 4.69) is 11.9 Å². The number of hydrogen-bond donors (Lipinski definition) is 1. The fraction of sp³-hybridized carbons (Fsp3) is 0.211. The summed E-state index contributed by atoms with van der Waals surface area (Å²) in [5, 5.41) is 2.75. The first kappa shape index (κ1) is 17.4. The van der Waals surface area contributed by atoms with Crippen LogP contribution in [0.15, 0.2) is 55.1 Å². The SMILES string of the molecule is C=CCNC(=O)c1ccc(OC)c(COc2ccccc2OC)c1. The lowest BCUT2D eigenvalue weighted by Gasteiger charge is -2.13. The maximum absolute atomic E-state index is 12.1. The van der Waals surface area contributed by atoms with E-state index in [4.69, 9.17) is 14.2 Å². The van der Waals surface area contributed by atoms with Crippen LogP contribution in [0.25, 0.3) is 0 Å². The highest BCUT2D eigenvalue weighted by molar-refractivity contribution is 5.94. The zero-order valence-electron chi connectivity index (χ0n) is 13.9. The molecule has 0 heterocycles. The van der Waals surface area contributed by atoms with Gasteiger partial charge in [0, 0.05) is 17.7 Å². The van der Waals surface area contributed by atoms with Crippen LogP contribution in [0.1, 0.15) is 15.9 Å². The second-order valence-corrected chi connectivity index (χ2v) is 4.96. The lowest BCUT2D eigenvalue weighted by atomic mass is 10.1. The molecule has 5 heteroatoms. The molecule has 0 spiro atoms. The normalized spacial score (nSPS) is 9.92. The van der Waals surface area contributed by atoms with Gasteiger partial charge in [-0.1, -0.05) is 18.2 Å². The molecule has 0 aliphatic carbocycles. The summed E-state index contributed by atoms with van der Waals surface area (Å²) in [7, 11) is 3.17. The van der Waals surface area contributed by atoms with Crippen LogP contribution in [0.4, 0.5) is 0 Å². The molecule has 126 valence electrons. The van der Waals surface area contributed by atoms with Gasteiger partial charge >= 0.3 is 0 Å². The molecule has 1 amide bonds. The van der Waals surface area contributed by atoms with Crippen LogP contribution < -0.4 is 19.5 Å². The minimum absolute atomic E-state index is 0.170. The van der Waals surface area contributed by atoms with Gasteiger partial charge < -0.3 is 19.5 Å². The molecule has 1 N–H and O–H groups in total. The summed E-state index contributed by atoms with van der Waals surface area (Å²) >= 11 is 0. The quantitative estimate of drug-likeness (QED) is 0.757. The van der Waals surface area contributed by atoms with Crippen LogP contribution in [0.5, 0.6) is 17.2 Å². The molecule has 0 aliphatic rings. The van der Waals surface area contributed by atoms with E-state index in [1.807, 2.05) is 24.3 Å². The lowest BCUT2D eigenvalue weighted by Crippen LogP contribution is -2.23. The summed E-state index contributed by atoms with van der Waals surface area (Å²) in [4.78, 5) is 12.1. The van der Waals surface area contributed by atoms with Gasteiger partial charge in [-0.05, 0) is 30.3 Å². The topological polar surface area (TPSA) is 56.8 Å². The number of carbonyl (C=O) groups excluding carboxylic acids is 1. The fourth-order valence-corrected chi connectivity index (χ4v) is 2.19. The Kier molecular flexibility index (Phi) is 6.25. The van der Waals surface area contributed by atoms with Gasteiger partial charge in [-0.2, -0.15) is 0 Å². The zero-order valence-corrected chi connectivity index (χ0v) is 13.9. The van der Waals surface area contributed by atoms with Gasteiger partial charge in [0.25, 0.3) is 5.91 Å². The van der Waals surface area contributed by atoms with Crippen molar-refractivity contribution in [1.82, 2.24) is 5.32 Å². The Balaban J connectivity index is 2.18. The summed E-state index contributed by atoms with van der Waals surface area (Å²) in [5.41, 5.74) is 1.31. The Morgan fingerprint density at radius 2 is 1.79 bits per heavy atom. The molecule has 0 fully saturated rings. The van der Waals surface area contributed by atoms with Gasteiger partial charge in [-0.3, -0.25) is 4.79 Å². The monoisotopic (exact) mass is 327 g/mol. The van der Waals surface area contributed by atoms with Gasteiger partial charge in [0.05, 0.1) is 14.2 Å². The third kappa shape index (κ3) is 4.29. The number of methoxy groups -OCH3 is 2. The smallest absolute Gasteiger partial charge is 0.251 e. The number of hydrogen-bond acceptors (Lipinski definition) is 4. The molecule has 0 bridgehead atoms. The van der Waals surface area contributed by atoms with E-state index in [1.165, 1.54) is 0 Å². The summed E-state index contributed by atoms with van der Waals surface area (Å²) < 4.78 is 16.4. The van der Waals surface area contributed by atoms with E-state index in [0.717, 1.165) is 5.56 Å². The van der Waals surface area contributed by atoms with Gasteiger partial charge in [-0.15, -0.1) is 6.58 Å². The van der Waals surface area contributed by atoms with E-state index < -0.39 is 0 Å². The molecule has 0 aromatic heterocycles. The van der Waals surface area contributed by atoms with Crippen LogP contribution in [0, 0.1) is 0 Å². The molecule has 0 aliphatic heterocycles. The van der Waals surface area contributed by atoms with E-state index in [1.54, 1.807) is 38.5 Å². The predicted octanol–water partition coefficient (Wildman–Crippen LogP) is 3.20. The second kappa shape index (κ2) is 8.62. The maximum atomic E-state index is 12.1. The van der Waals surface area contributed by atoms with E-state index in [0.29, 0.717) is 29.4 Å². The third-order valence-corrected chi connectivity index (χ3v) is 3.40. The summed E-state index contributed by atoms with van der Waals surface area (Å²) in [6.45, 7) is 4.25. The predicted molar refractivity (Wildman–Crippen MR) is 92.9 cm³/mol. The van der Waals surface area contributed by atoms with E-state index >= 15 is 0 Å². The van der Waals surface area contributed by atoms with Crippen LogP contribution in [-0.2, 0) is 6.61 Å². The van der Waals surface area contributed by atoms with Crippen LogP contribution in [0.3, 0.4) is 0 Å². The number of nitrogens with one attached hydrogen (secondary N) is 1. The molecule has 2 rings (SSSR count). The molecule has 0 radical (unpaired) electrons. The number of ether oxygens (including phenoxy) is 3. The highest BCUT2D eigenvalue weighted by Gasteiger charge is 2.11. The Bertz CT molecular complexity index is 712. The van der Waals surface area contributed by atoms with Crippen molar-refractivity contribution >= 4 is 5.91 Å². The number of benzene rings is 2. The highest BCUT2D eigenvalue weighted by atomic mass is 16.5. The summed E-state index contributed by atoms with van der Waals surface area (Å²) in [6, 6.07) is 12.6. The fourth-order valence-electron chi connectivity index (χ4n) is 2.19. The molecule has 0 saturated carbocycles.